The summed E-state index contributed by atoms with van der Waals surface area (Å²) in [5, 5.41) is 3.56. The van der Waals surface area contributed by atoms with Crippen LogP contribution in [0.4, 0.5) is 5.69 Å². The summed E-state index contributed by atoms with van der Waals surface area (Å²) in [4.78, 5) is 28.4. The lowest BCUT2D eigenvalue weighted by atomic mass is 10.1. The van der Waals surface area contributed by atoms with E-state index < -0.39 is 34.1 Å². The molecule has 0 spiro atoms. The fourth-order valence-electron chi connectivity index (χ4n) is 3.80. The van der Waals surface area contributed by atoms with Gasteiger partial charge in [0.2, 0.25) is 21.8 Å². The van der Waals surface area contributed by atoms with E-state index in [1.165, 1.54) is 31.3 Å². The second kappa shape index (κ2) is 12.9. The molecule has 1 unspecified atom stereocenters. The van der Waals surface area contributed by atoms with Gasteiger partial charge in [-0.25, -0.2) is 8.42 Å². The number of rotatable bonds is 11. The van der Waals surface area contributed by atoms with E-state index in [2.05, 4.69) is 5.32 Å². The van der Waals surface area contributed by atoms with E-state index in [1.807, 2.05) is 20.8 Å². The summed E-state index contributed by atoms with van der Waals surface area (Å²) in [5.74, 6) is -0.227. The molecule has 0 bridgehead atoms. The SMILES string of the molecule is CCC(C(=O)NC(C)(C)C)N(Cc1ccc(Cl)c(Cl)c1)C(=O)CN(c1ccc(OC)c(OC)c1)S(C)(=O)=O. The number of nitrogens with zero attached hydrogens (tertiary/aromatic N) is 2. The Bertz CT molecular complexity index is 1260. The van der Waals surface area contributed by atoms with Gasteiger partial charge in [0.25, 0.3) is 0 Å². The molecule has 1 atom stereocenters. The van der Waals surface area contributed by atoms with Crippen molar-refractivity contribution in [1.29, 1.82) is 0 Å². The average molecular weight is 589 g/mol. The van der Waals surface area contributed by atoms with Crippen LogP contribution in [-0.2, 0) is 26.2 Å². The Balaban J connectivity index is 2.53. The number of sulfonamides is 1. The summed E-state index contributed by atoms with van der Waals surface area (Å²) in [6, 6.07) is 8.58. The predicted molar refractivity (Wildman–Crippen MR) is 151 cm³/mol. The molecule has 2 aromatic rings. The zero-order valence-corrected chi connectivity index (χ0v) is 25.0. The smallest absolute Gasteiger partial charge is 0.244 e. The summed E-state index contributed by atoms with van der Waals surface area (Å²) in [6.45, 7) is 6.76. The number of carbonyl (C=O) groups excluding carboxylic acids is 2. The number of hydrogen-bond donors (Lipinski definition) is 1. The molecule has 0 aliphatic heterocycles. The fraction of sp³-hybridized carbons (Fsp3) is 0.462. The van der Waals surface area contributed by atoms with Gasteiger partial charge in [-0.05, 0) is 57.0 Å². The molecule has 0 aliphatic carbocycles. The molecule has 0 radical (unpaired) electrons. The molecule has 0 heterocycles. The molecule has 0 aliphatic rings. The highest BCUT2D eigenvalue weighted by molar-refractivity contribution is 7.92. The van der Waals surface area contributed by atoms with Crippen LogP contribution in [0.5, 0.6) is 11.5 Å². The topological polar surface area (TPSA) is 105 Å². The maximum absolute atomic E-state index is 13.8. The average Bonchev–Trinajstić information content (AvgIpc) is 2.82. The molecule has 0 saturated carbocycles. The summed E-state index contributed by atoms with van der Waals surface area (Å²) in [7, 11) is -1.02. The monoisotopic (exact) mass is 587 g/mol. The van der Waals surface area contributed by atoms with Crippen molar-refractivity contribution in [3.05, 3.63) is 52.0 Å². The summed E-state index contributed by atoms with van der Waals surface area (Å²) >= 11 is 12.2. The highest BCUT2D eigenvalue weighted by atomic mass is 35.5. The minimum Gasteiger partial charge on any atom is -0.493 e. The molecule has 0 saturated heterocycles. The Labute approximate surface area is 235 Å². The van der Waals surface area contributed by atoms with E-state index in [4.69, 9.17) is 32.7 Å². The number of nitrogens with one attached hydrogen (secondary N) is 1. The van der Waals surface area contributed by atoms with Crippen LogP contribution in [0.2, 0.25) is 10.0 Å². The molecule has 210 valence electrons. The van der Waals surface area contributed by atoms with Crippen molar-refractivity contribution in [2.24, 2.45) is 0 Å². The normalized spacial score (nSPS) is 12.4. The fourth-order valence-corrected chi connectivity index (χ4v) is 4.96. The number of ether oxygens (including phenoxy) is 2. The molecule has 9 nitrogen and oxygen atoms in total. The van der Waals surface area contributed by atoms with Crippen molar-refractivity contribution in [1.82, 2.24) is 10.2 Å². The van der Waals surface area contributed by atoms with Crippen molar-refractivity contribution in [2.75, 3.05) is 31.3 Å². The molecule has 1 N–H and O–H groups in total. The van der Waals surface area contributed by atoms with E-state index in [1.54, 1.807) is 31.2 Å². The summed E-state index contributed by atoms with van der Waals surface area (Å²) in [6.07, 6.45) is 1.30. The van der Waals surface area contributed by atoms with Crippen LogP contribution in [-0.4, -0.2) is 63.7 Å². The Morgan fingerprint density at radius 3 is 2.13 bits per heavy atom. The maximum atomic E-state index is 13.8. The van der Waals surface area contributed by atoms with Gasteiger partial charge in [-0.1, -0.05) is 36.2 Å². The molecular weight excluding hydrogens is 553 g/mol. The number of hydrogen-bond acceptors (Lipinski definition) is 6. The number of methoxy groups -OCH3 is 2. The number of halogens is 2. The minimum atomic E-state index is -3.91. The number of carbonyl (C=O) groups is 2. The predicted octanol–water partition coefficient (Wildman–Crippen LogP) is 4.50. The first-order valence-electron chi connectivity index (χ1n) is 11.9. The summed E-state index contributed by atoms with van der Waals surface area (Å²) in [5.41, 5.74) is 0.299. The molecule has 2 rings (SSSR count). The van der Waals surface area contributed by atoms with Crippen molar-refractivity contribution >= 4 is 50.7 Å². The van der Waals surface area contributed by atoms with Gasteiger partial charge in [0.1, 0.15) is 12.6 Å². The van der Waals surface area contributed by atoms with Crippen LogP contribution in [0, 0.1) is 0 Å². The van der Waals surface area contributed by atoms with Crippen molar-refractivity contribution in [3.63, 3.8) is 0 Å². The lowest BCUT2D eigenvalue weighted by Crippen LogP contribution is -2.55. The lowest BCUT2D eigenvalue weighted by molar-refractivity contribution is -0.141. The van der Waals surface area contributed by atoms with Crippen molar-refractivity contribution in [3.8, 4) is 11.5 Å². The first kappa shape index (κ1) is 31.5. The Morgan fingerprint density at radius 1 is 1.00 bits per heavy atom. The zero-order valence-electron chi connectivity index (χ0n) is 22.7. The van der Waals surface area contributed by atoms with Crippen LogP contribution in [0.1, 0.15) is 39.7 Å². The second-order valence-corrected chi connectivity index (χ2v) is 12.5. The molecular formula is C26H35Cl2N3O6S. The van der Waals surface area contributed by atoms with Gasteiger partial charge in [-0.3, -0.25) is 13.9 Å². The minimum absolute atomic E-state index is 0.00925. The molecule has 38 heavy (non-hydrogen) atoms. The largest absolute Gasteiger partial charge is 0.493 e. The van der Waals surface area contributed by atoms with Crippen molar-refractivity contribution < 1.29 is 27.5 Å². The third-order valence-corrected chi connectivity index (χ3v) is 7.43. The zero-order chi connectivity index (χ0) is 28.8. The van der Waals surface area contributed by atoms with Crippen LogP contribution >= 0.6 is 23.2 Å². The van der Waals surface area contributed by atoms with Gasteiger partial charge in [0.05, 0.1) is 36.2 Å². The number of amides is 2. The molecule has 12 heteroatoms. The van der Waals surface area contributed by atoms with E-state index in [9.17, 15) is 18.0 Å². The first-order chi connectivity index (χ1) is 17.6. The van der Waals surface area contributed by atoms with Gasteiger partial charge in [0, 0.05) is 18.2 Å². The third-order valence-electron chi connectivity index (χ3n) is 5.56. The standard InChI is InChI=1S/C26H35Cl2N3O6S/c1-8-21(25(33)29-26(2,3)4)30(15-17-9-11-19(27)20(28)13-17)24(32)16-31(38(7,34)35)18-10-12-22(36-5)23(14-18)37-6/h9-14,21H,8,15-16H2,1-7H3,(H,29,33). The number of benzene rings is 2. The molecule has 0 aromatic heterocycles. The first-order valence-corrected chi connectivity index (χ1v) is 14.5. The van der Waals surface area contributed by atoms with Crippen molar-refractivity contribution in [2.45, 2.75) is 52.2 Å². The van der Waals surface area contributed by atoms with E-state index >= 15 is 0 Å². The van der Waals surface area contributed by atoms with Gasteiger partial charge in [-0.2, -0.15) is 0 Å². The Hall–Kier alpha value is -2.69. The third kappa shape index (κ3) is 8.41. The van der Waals surface area contributed by atoms with E-state index in [-0.39, 0.29) is 18.1 Å². The van der Waals surface area contributed by atoms with Gasteiger partial charge < -0.3 is 19.7 Å². The van der Waals surface area contributed by atoms with Gasteiger partial charge in [0.15, 0.2) is 11.5 Å². The number of anilines is 1. The highest BCUT2D eigenvalue weighted by Gasteiger charge is 2.33. The quantitative estimate of drug-likeness (QED) is 0.415. The molecule has 2 aromatic carbocycles. The van der Waals surface area contributed by atoms with Gasteiger partial charge >= 0.3 is 0 Å². The molecule has 2 amide bonds. The van der Waals surface area contributed by atoms with Crippen LogP contribution in [0.15, 0.2) is 36.4 Å². The maximum Gasteiger partial charge on any atom is 0.244 e. The van der Waals surface area contributed by atoms with Gasteiger partial charge in [-0.15, -0.1) is 0 Å². The van der Waals surface area contributed by atoms with Crippen LogP contribution in [0.25, 0.3) is 0 Å². The lowest BCUT2D eigenvalue weighted by Gasteiger charge is -2.34. The molecule has 0 fully saturated rings. The van der Waals surface area contributed by atoms with Crippen LogP contribution < -0.4 is 19.1 Å². The van der Waals surface area contributed by atoms with E-state index in [0.29, 0.717) is 33.5 Å². The summed E-state index contributed by atoms with van der Waals surface area (Å²) < 4.78 is 37.1. The van der Waals surface area contributed by atoms with E-state index in [0.717, 1.165) is 10.6 Å². The second-order valence-electron chi connectivity index (χ2n) is 9.74. The highest BCUT2D eigenvalue weighted by Crippen LogP contribution is 2.32. The Morgan fingerprint density at radius 2 is 1.63 bits per heavy atom. The van der Waals surface area contributed by atoms with Crippen LogP contribution in [0.3, 0.4) is 0 Å². The Kier molecular flexibility index (Phi) is 10.7.